The first-order chi connectivity index (χ1) is 7.59. The summed E-state index contributed by atoms with van der Waals surface area (Å²) in [6, 6.07) is 4.24. The number of tetrazole rings is 1. The minimum Gasteiger partial charge on any atom is -0.609 e. The van der Waals surface area contributed by atoms with Crippen molar-refractivity contribution in [2.75, 3.05) is 6.26 Å². The Morgan fingerprint density at radius 3 is 2.81 bits per heavy atom. The van der Waals surface area contributed by atoms with E-state index in [4.69, 9.17) is 0 Å². The van der Waals surface area contributed by atoms with Crippen LogP contribution in [0.5, 0.6) is 0 Å². The topological polar surface area (TPSA) is 66.7 Å². The van der Waals surface area contributed by atoms with Crippen LogP contribution in [-0.4, -0.2) is 31.0 Å². The summed E-state index contributed by atoms with van der Waals surface area (Å²) in [6.45, 7) is 1.74. The first kappa shape index (κ1) is 11.0. The van der Waals surface area contributed by atoms with E-state index in [1.807, 2.05) is 0 Å². The summed E-state index contributed by atoms with van der Waals surface area (Å²) in [5.74, 6) is -0.325. The van der Waals surface area contributed by atoms with E-state index in [1.54, 1.807) is 13.0 Å². The summed E-state index contributed by atoms with van der Waals surface area (Å²) in [5, 5.41) is 11.1. The van der Waals surface area contributed by atoms with E-state index in [2.05, 4.69) is 15.5 Å². The zero-order valence-electron chi connectivity index (χ0n) is 8.72. The Kier molecular flexibility index (Phi) is 2.88. The van der Waals surface area contributed by atoms with E-state index in [-0.39, 0.29) is 11.0 Å². The lowest BCUT2D eigenvalue weighted by Gasteiger charge is -2.07. The lowest BCUT2D eigenvalue weighted by molar-refractivity contribution is 0.584. The maximum absolute atomic E-state index is 12.9. The van der Waals surface area contributed by atoms with Gasteiger partial charge in [-0.05, 0) is 41.1 Å². The summed E-state index contributed by atoms with van der Waals surface area (Å²) >= 11 is -1.29. The molecule has 1 heterocycles. The van der Waals surface area contributed by atoms with Gasteiger partial charge in [0, 0.05) is 11.2 Å². The molecule has 5 nitrogen and oxygen atoms in total. The zero-order valence-corrected chi connectivity index (χ0v) is 9.53. The Balaban J connectivity index is 2.54. The highest BCUT2D eigenvalue weighted by atomic mass is 32.2. The highest BCUT2D eigenvalue weighted by Gasteiger charge is 2.18. The molecular weight excluding hydrogens is 231 g/mol. The molecule has 16 heavy (non-hydrogen) atoms. The molecule has 0 amide bonds. The fourth-order valence-corrected chi connectivity index (χ4v) is 1.90. The van der Waals surface area contributed by atoms with Crippen molar-refractivity contribution in [1.29, 1.82) is 0 Å². The number of halogens is 1. The molecule has 7 heteroatoms. The molecule has 1 atom stereocenters. The number of rotatable bonds is 2. The Morgan fingerprint density at radius 2 is 2.19 bits per heavy atom. The van der Waals surface area contributed by atoms with Gasteiger partial charge in [0.2, 0.25) is 0 Å². The minimum atomic E-state index is -1.29. The van der Waals surface area contributed by atoms with Crippen LogP contribution in [0.3, 0.4) is 0 Å². The molecule has 0 saturated heterocycles. The second kappa shape index (κ2) is 4.18. The fourth-order valence-electron chi connectivity index (χ4n) is 1.37. The first-order valence-electron chi connectivity index (χ1n) is 4.48. The third-order valence-electron chi connectivity index (χ3n) is 2.09. The molecule has 0 aliphatic rings. The van der Waals surface area contributed by atoms with Gasteiger partial charge in [-0.1, -0.05) is 5.10 Å². The molecule has 0 aliphatic carbocycles. The lowest BCUT2D eigenvalue weighted by Crippen LogP contribution is -2.10. The van der Waals surface area contributed by atoms with Gasteiger partial charge >= 0.3 is 5.16 Å². The molecule has 0 radical (unpaired) electrons. The molecule has 0 aliphatic heterocycles. The van der Waals surface area contributed by atoms with Crippen LogP contribution in [0.2, 0.25) is 0 Å². The summed E-state index contributed by atoms with van der Waals surface area (Å²) in [7, 11) is 0. The molecule has 1 unspecified atom stereocenters. The van der Waals surface area contributed by atoms with Crippen molar-refractivity contribution < 1.29 is 8.94 Å². The van der Waals surface area contributed by atoms with Gasteiger partial charge in [0.15, 0.2) is 0 Å². The maximum atomic E-state index is 12.9. The molecule has 0 fully saturated rings. The van der Waals surface area contributed by atoms with Gasteiger partial charge in [0.05, 0.1) is 5.69 Å². The third-order valence-corrected chi connectivity index (χ3v) is 2.85. The number of nitrogens with zero attached hydrogens (tertiary/aromatic N) is 4. The smallest absolute Gasteiger partial charge is 0.365 e. The van der Waals surface area contributed by atoms with Gasteiger partial charge < -0.3 is 4.55 Å². The van der Waals surface area contributed by atoms with Gasteiger partial charge in [0.1, 0.15) is 12.1 Å². The number of benzene rings is 1. The summed E-state index contributed by atoms with van der Waals surface area (Å²) < 4.78 is 25.6. The number of hydrogen-bond acceptors (Lipinski definition) is 4. The summed E-state index contributed by atoms with van der Waals surface area (Å²) in [5.41, 5.74) is 1.30. The van der Waals surface area contributed by atoms with E-state index in [0.717, 1.165) is 0 Å². The molecule has 2 rings (SSSR count). The molecule has 0 saturated carbocycles. The predicted octanol–water partition coefficient (Wildman–Crippen LogP) is 0.847. The van der Waals surface area contributed by atoms with E-state index < -0.39 is 11.2 Å². The molecule has 1 aromatic carbocycles. The Morgan fingerprint density at radius 1 is 1.44 bits per heavy atom. The average molecular weight is 240 g/mol. The van der Waals surface area contributed by atoms with Crippen molar-refractivity contribution in [3.05, 3.63) is 29.6 Å². The van der Waals surface area contributed by atoms with Crippen molar-refractivity contribution in [2.45, 2.75) is 12.1 Å². The standard InChI is InChI=1S/C9H9FN4OS/c1-6-5-7(10)3-4-8(6)14-9(16(2)15)11-12-13-14/h3-5H,1-2H3. The van der Waals surface area contributed by atoms with Crippen LogP contribution in [0.25, 0.3) is 5.69 Å². The largest absolute Gasteiger partial charge is 0.609 e. The highest BCUT2D eigenvalue weighted by Crippen LogP contribution is 2.17. The van der Waals surface area contributed by atoms with Gasteiger partial charge in [0.25, 0.3) is 0 Å². The van der Waals surface area contributed by atoms with Crippen LogP contribution in [0.1, 0.15) is 5.56 Å². The minimum absolute atomic E-state index is 0.245. The first-order valence-corrected chi connectivity index (χ1v) is 6.03. The average Bonchev–Trinajstić information content (AvgIpc) is 2.66. The van der Waals surface area contributed by atoms with E-state index in [0.29, 0.717) is 11.3 Å². The fraction of sp³-hybridized carbons (Fsp3) is 0.222. The van der Waals surface area contributed by atoms with Crippen molar-refractivity contribution in [2.24, 2.45) is 0 Å². The van der Waals surface area contributed by atoms with Crippen molar-refractivity contribution in [3.63, 3.8) is 0 Å². The zero-order chi connectivity index (χ0) is 11.7. The summed E-state index contributed by atoms with van der Waals surface area (Å²) in [6.07, 6.45) is 1.49. The van der Waals surface area contributed by atoms with Gasteiger partial charge in [-0.25, -0.2) is 4.39 Å². The summed E-state index contributed by atoms with van der Waals surface area (Å²) in [4.78, 5) is 0. The molecular formula is C9H9FN4OS. The number of aromatic nitrogens is 4. The normalized spacial score (nSPS) is 12.8. The predicted molar refractivity (Wildman–Crippen MR) is 56.2 cm³/mol. The van der Waals surface area contributed by atoms with Gasteiger partial charge in [-0.2, -0.15) is 4.68 Å². The molecule has 1 aromatic heterocycles. The van der Waals surface area contributed by atoms with Crippen molar-refractivity contribution in [3.8, 4) is 5.69 Å². The molecule has 2 aromatic rings. The Bertz CT molecular complexity index is 514. The molecule has 84 valence electrons. The van der Waals surface area contributed by atoms with E-state index >= 15 is 0 Å². The number of hydrogen-bond donors (Lipinski definition) is 0. The third kappa shape index (κ3) is 1.91. The highest BCUT2D eigenvalue weighted by molar-refractivity contribution is 7.90. The van der Waals surface area contributed by atoms with Gasteiger partial charge in [-0.15, -0.1) is 0 Å². The monoisotopic (exact) mass is 240 g/mol. The molecule has 0 N–H and O–H groups in total. The van der Waals surface area contributed by atoms with Crippen LogP contribution in [0.4, 0.5) is 4.39 Å². The second-order valence-corrected chi connectivity index (χ2v) is 4.53. The van der Waals surface area contributed by atoms with Crippen LogP contribution >= 0.6 is 0 Å². The van der Waals surface area contributed by atoms with Crippen LogP contribution in [-0.2, 0) is 11.2 Å². The van der Waals surface area contributed by atoms with Crippen molar-refractivity contribution in [1.82, 2.24) is 20.2 Å². The Labute approximate surface area is 94.5 Å². The van der Waals surface area contributed by atoms with E-state index in [9.17, 15) is 8.94 Å². The van der Waals surface area contributed by atoms with Crippen molar-refractivity contribution >= 4 is 11.2 Å². The van der Waals surface area contributed by atoms with Crippen LogP contribution < -0.4 is 0 Å². The Hall–Kier alpha value is -1.47. The van der Waals surface area contributed by atoms with E-state index in [1.165, 1.54) is 23.1 Å². The van der Waals surface area contributed by atoms with Crippen LogP contribution in [0.15, 0.2) is 23.4 Å². The SMILES string of the molecule is Cc1cc(F)ccc1-n1nnnc1[S+](C)[O-]. The molecule has 0 spiro atoms. The number of aryl methyl sites for hydroxylation is 1. The van der Waals surface area contributed by atoms with Crippen LogP contribution in [0, 0.1) is 12.7 Å². The quantitative estimate of drug-likeness (QED) is 0.730. The van der Waals surface area contributed by atoms with Gasteiger partial charge in [-0.3, -0.25) is 0 Å². The maximum Gasteiger partial charge on any atom is 0.365 e. The molecule has 0 bridgehead atoms. The lowest BCUT2D eigenvalue weighted by atomic mass is 10.2. The second-order valence-electron chi connectivity index (χ2n) is 3.26.